The Kier molecular flexibility index (Phi) is 17.3. The number of carbonyl (C=O) groups is 1. The van der Waals surface area contributed by atoms with Crippen molar-refractivity contribution in [2.75, 3.05) is 14.2 Å². The van der Waals surface area contributed by atoms with Gasteiger partial charge in [0.1, 0.15) is 17.3 Å². The third-order valence-electron chi connectivity index (χ3n) is 12.0. The monoisotopic (exact) mass is 742 g/mol. The summed E-state index contributed by atoms with van der Waals surface area (Å²) in [6.45, 7) is 23.8. The molecular weight excluding hydrogens is 673 g/mol. The number of ketones is 1. The van der Waals surface area contributed by atoms with E-state index >= 15 is 0 Å². The summed E-state index contributed by atoms with van der Waals surface area (Å²) >= 11 is 0. The molecule has 2 aromatic carbocycles. The van der Waals surface area contributed by atoms with Crippen LogP contribution in [0.2, 0.25) is 18.1 Å². The average Bonchev–Trinajstić information content (AvgIpc) is 3.17. The highest BCUT2D eigenvalue weighted by molar-refractivity contribution is 6.73. The molecule has 294 valence electrons. The molecule has 1 aliphatic heterocycles. The van der Waals surface area contributed by atoms with Crippen LogP contribution in [0.25, 0.3) is 0 Å². The first kappa shape index (κ1) is 44.1. The molecule has 1 fully saturated rings. The van der Waals surface area contributed by atoms with Crippen LogP contribution in [0.5, 0.6) is 11.5 Å². The number of benzene rings is 2. The van der Waals surface area contributed by atoms with Crippen LogP contribution in [0.4, 0.5) is 0 Å². The Bertz CT molecular complexity index is 1320. The van der Waals surface area contributed by atoms with Crippen molar-refractivity contribution in [1.29, 1.82) is 0 Å². The highest BCUT2D eigenvalue weighted by atomic mass is 28.4. The van der Waals surface area contributed by atoms with E-state index in [1.807, 2.05) is 69.3 Å². The van der Waals surface area contributed by atoms with Gasteiger partial charge in [-0.3, -0.25) is 4.79 Å². The number of carbonyl (C=O) groups excluding carboxylic acids is 1. The molecule has 52 heavy (non-hydrogen) atoms. The van der Waals surface area contributed by atoms with Crippen molar-refractivity contribution in [3.63, 3.8) is 0 Å². The van der Waals surface area contributed by atoms with E-state index in [4.69, 9.17) is 28.1 Å². The van der Waals surface area contributed by atoms with Gasteiger partial charge in [-0.1, -0.05) is 100 Å². The number of hydrogen-bond donors (Lipinski definition) is 1. The van der Waals surface area contributed by atoms with Crippen LogP contribution in [0.15, 0.2) is 48.5 Å². The maximum atomic E-state index is 14.6. The summed E-state index contributed by atoms with van der Waals surface area (Å²) in [5.74, 6) is 0.356. The highest BCUT2D eigenvalue weighted by Gasteiger charge is 2.46. The molecular formula is C43H70O8Si. The minimum Gasteiger partial charge on any atom is -0.497 e. The highest BCUT2D eigenvalue weighted by Crippen LogP contribution is 2.41. The largest absolute Gasteiger partial charge is 0.497 e. The second-order valence-corrected chi connectivity index (χ2v) is 20.3. The number of hydrogen-bond acceptors (Lipinski definition) is 8. The van der Waals surface area contributed by atoms with E-state index in [2.05, 4.69) is 55.4 Å². The summed E-state index contributed by atoms with van der Waals surface area (Å²) < 4.78 is 37.6. The Hall–Kier alpha value is -2.27. The van der Waals surface area contributed by atoms with E-state index in [0.29, 0.717) is 6.61 Å². The predicted octanol–water partition coefficient (Wildman–Crippen LogP) is 9.64. The van der Waals surface area contributed by atoms with Crippen molar-refractivity contribution in [1.82, 2.24) is 0 Å². The summed E-state index contributed by atoms with van der Waals surface area (Å²) in [7, 11) is 1.17. The molecule has 0 unspecified atom stereocenters. The van der Waals surface area contributed by atoms with Gasteiger partial charge in [-0.05, 0) is 60.3 Å². The van der Waals surface area contributed by atoms with Crippen molar-refractivity contribution in [2.45, 2.75) is 144 Å². The Morgan fingerprint density at radius 2 is 1.33 bits per heavy atom. The van der Waals surface area contributed by atoms with Crippen LogP contribution in [-0.4, -0.2) is 63.9 Å². The molecule has 1 N–H and O–H groups in total. The lowest BCUT2D eigenvalue weighted by atomic mass is 9.75. The Labute approximate surface area is 316 Å². The third-order valence-corrected chi connectivity index (χ3v) is 16.7. The summed E-state index contributed by atoms with van der Waals surface area (Å²) in [5.41, 5.74) is 1.96. The lowest BCUT2D eigenvalue weighted by molar-refractivity contribution is -0.286. The third kappa shape index (κ3) is 10.7. The van der Waals surface area contributed by atoms with Crippen LogP contribution < -0.4 is 9.47 Å². The molecule has 3 rings (SSSR count). The zero-order valence-electron chi connectivity index (χ0n) is 34.4. The van der Waals surface area contributed by atoms with Crippen LogP contribution in [0.1, 0.15) is 100.0 Å². The van der Waals surface area contributed by atoms with E-state index in [1.54, 1.807) is 14.2 Å². The van der Waals surface area contributed by atoms with Crippen molar-refractivity contribution in [3.05, 3.63) is 59.7 Å². The molecule has 8 nitrogen and oxygen atoms in total. The maximum Gasteiger partial charge on any atom is 0.192 e. The second kappa shape index (κ2) is 20.4. The van der Waals surface area contributed by atoms with Gasteiger partial charge in [0, 0.05) is 35.2 Å². The van der Waals surface area contributed by atoms with Gasteiger partial charge in [-0.25, -0.2) is 0 Å². The Balaban J connectivity index is 1.87. The zero-order valence-corrected chi connectivity index (χ0v) is 35.4. The molecule has 11 atom stereocenters. The van der Waals surface area contributed by atoms with Crippen LogP contribution in [0.3, 0.4) is 0 Å². The van der Waals surface area contributed by atoms with Crippen LogP contribution in [-0.2, 0) is 30.0 Å². The molecule has 0 aliphatic carbocycles. The molecule has 0 amide bonds. The number of aliphatic hydroxyl groups excluding tert-OH is 1. The summed E-state index contributed by atoms with van der Waals surface area (Å²) in [6.07, 6.45) is -1.53. The van der Waals surface area contributed by atoms with Gasteiger partial charge >= 0.3 is 0 Å². The van der Waals surface area contributed by atoms with Crippen molar-refractivity contribution < 1.29 is 38.0 Å². The fourth-order valence-corrected chi connectivity index (χ4v) is 11.2. The molecule has 0 saturated carbocycles. The van der Waals surface area contributed by atoms with Gasteiger partial charge in [0.25, 0.3) is 0 Å². The molecule has 0 radical (unpaired) electrons. The number of Topliss-reactive ketones (excluding diaryl/α,β-unsaturated/α-hetero) is 1. The zero-order chi connectivity index (χ0) is 38.7. The summed E-state index contributed by atoms with van der Waals surface area (Å²) in [6, 6.07) is 18.6. The van der Waals surface area contributed by atoms with E-state index in [9.17, 15) is 9.90 Å². The first-order valence-corrected chi connectivity index (χ1v) is 22.3. The molecule has 1 saturated heterocycles. The minimum absolute atomic E-state index is 0.0125. The number of methoxy groups -OCH3 is 2. The quantitative estimate of drug-likeness (QED) is 0.127. The molecule has 9 heteroatoms. The first-order chi connectivity index (χ1) is 24.7. The molecule has 1 heterocycles. The lowest BCUT2D eigenvalue weighted by Crippen LogP contribution is -2.52. The standard InChI is InChI=1S/C43H70O8Si/c1-14-37-28(7)41(50-43(49-37)34-20-24-36(47-13)25-21-34)30(9)38(44)29(8)39(45)31(10)42(51-52(15-2,16-3)17-4)32(11)40(27(5)6)48-26-33-18-22-35(46-12)23-19-33/h18-25,27-32,37-38,40-44H,14-17,26H2,1-13H3/t28-,29-,30+,31-,32+,37+,38-,40+,41-,42-,43+/m1/s1. The van der Waals surface area contributed by atoms with E-state index in [1.165, 1.54) is 0 Å². The number of ether oxygens (including phenoxy) is 5. The fourth-order valence-electron chi connectivity index (χ4n) is 8.18. The van der Waals surface area contributed by atoms with Gasteiger partial charge in [0.05, 0.1) is 51.3 Å². The SMILES string of the molecule is CC[C@@H]1O[C@H](c2ccc(OC)cc2)O[C@@H]([C@@H](C)[C@H](O)[C@@H](C)C(=O)[C@@H](C)[C@@H](O[Si](CC)(CC)CC)[C@@H](C)[C@@H](OCc2ccc(OC)cc2)C(C)C)[C@@H]1C. The molecule has 0 bridgehead atoms. The fraction of sp³-hybridized carbons (Fsp3) is 0.698. The minimum atomic E-state index is -2.13. The van der Waals surface area contributed by atoms with Gasteiger partial charge in [0.2, 0.25) is 0 Å². The first-order valence-electron chi connectivity index (χ1n) is 19.8. The Morgan fingerprint density at radius 3 is 1.81 bits per heavy atom. The van der Waals surface area contributed by atoms with E-state index in [-0.39, 0.29) is 53.9 Å². The van der Waals surface area contributed by atoms with Gasteiger partial charge in [-0.2, -0.15) is 0 Å². The molecule has 0 aromatic heterocycles. The van der Waals surface area contributed by atoms with Gasteiger partial charge in [-0.15, -0.1) is 0 Å². The smallest absolute Gasteiger partial charge is 0.192 e. The van der Waals surface area contributed by atoms with Gasteiger partial charge in [0.15, 0.2) is 14.6 Å². The maximum absolute atomic E-state index is 14.6. The topological polar surface area (TPSA) is 92.7 Å². The normalized spacial score (nSPS) is 23.7. The predicted molar refractivity (Wildman–Crippen MR) is 211 cm³/mol. The lowest BCUT2D eigenvalue weighted by Gasteiger charge is -2.45. The molecule has 2 aromatic rings. The molecule has 0 spiro atoms. The van der Waals surface area contributed by atoms with Crippen molar-refractivity contribution >= 4 is 14.1 Å². The summed E-state index contributed by atoms with van der Waals surface area (Å²) in [5, 5.41) is 12.0. The van der Waals surface area contributed by atoms with E-state index in [0.717, 1.165) is 47.2 Å². The Morgan fingerprint density at radius 1 is 0.788 bits per heavy atom. The molecule has 1 aliphatic rings. The van der Waals surface area contributed by atoms with Crippen molar-refractivity contribution in [3.8, 4) is 11.5 Å². The van der Waals surface area contributed by atoms with E-state index < -0.39 is 32.5 Å². The van der Waals surface area contributed by atoms with Gasteiger partial charge < -0.3 is 33.2 Å². The number of rotatable bonds is 21. The number of aliphatic hydroxyl groups is 1. The van der Waals surface area contributed by atoms with Crippen LogP contribution >= 0.6 is 0 Å². The van der Waals surface area contributed by atoms with Crippen LogP contribution in [0, 0.1) is 35.5 Å². The average molecular weight is 743 g/mol. The summed E-state index contributed by atoms with van der Waals surface area (Å²) in [4.78, 5) is 14.6. The van der Waals surface area contributed by atoms with Crippen molar-refractivity contribution in [2.24, 2.45) is 35.5 Å². The second-order valence-electron chi connectivity index (χ2n) is 15.5.